The van der Waals surface area contributed by atoms with Crippen molar-refractivity contribution in [3.05, 3.63) is 0 Å². The highest BCUT2D eigenvalue weighted by Gasteiger charge is 2.52. The predicted octanol–water partition coefficient (Wildman–Crippen LogP) is 0.198. The highest BCUT2D eigenvalue weighted by Crippen LogP contribution is 2.35. The number of morpholine rings is 1. The first kappa shape index (κ1) is 18.3. The summed E-state index contributed by atoms with van der Waals surface area (Å²) in [5, 5.41) is 7.25. The number of nitrogens with zero attached hydrogens (tertiary/aromatic N) is 2. The van der Waals surface area contributed by atoms with Crippen LogP contribution >= 0.6 is 12.2 Å². The number of ether oxygens (including phenoxy) is 1. The van der Waals surface area contributed by atoms with Crippen molar-refractivity contribution in [1.29, 1.82) is 0 Å². The SMILES string of the molecule is CC1CCC2(CC1)NC(=O)N(NC(=S)NCCN1CCOCC1)C2=O. The molecule has 0 bridgehead atoms. The number of amides is 3. The molecule has 0 aromatic heterocycles. The summed E-state index contributed by atoms with van der Waals surface area (Å²) in [5.41, 5.74) is 2.00. The first-order chi connectivity index (χ1) is 12.0. The maximum Gasteiger partial charge on any atom is 0.344 e. The minimum Gasteiger partial charge on any atom is -0.379 e. The molecule has 0 radical (unpaired) electrons. The number of carbonyl (C=O) groups is 2. The Morgan fingerprint density at radius 1 is 1.32 bits per heavy atom. The van der Waals surface area contributed by atoms with Crippen LogP contribution in [0.1, 0.15) is 32.6 Å². The van der Waals surface area contributed by atoms with Gasteiger partial charge in [-0.15, -0.1) is 0 Å². The van der Waals surface area contributed by atoms with Crippen LogP contribution in [0.3, 0.4) is 0 Å². The number of hydrazine groups is 1. The molecule has 1 aliphatic carbocycles. The molecule has 9 heteroatoms. The minimum absolute atomic E-state index is 0.221. The molecule has 0 atom stereocenters. The number of hydrogen-bond acceptors (Lipinski definition) is 5. The molecule has 0 aromatic carbocycles. The molecule has 3 N–H and O–H groups in total. The van der Waals surface area contributed by atoms with Gasteiger partial charge in [-0.25, -0.2) is 4.79 Å². The number of carbonyl (C=O) groups excluding carboxylic acids is 2. The van der Waals surface area contributed by atoms with E-state index in [0.717, 1.165) is 50.7 Å². The molecule has 3 aliphatic rings. The average Bonchev–Trinajstić information content (AvgIpc) is 2.83. The second kappa shape index (κ2) is 7.84. The Bertz CT molecular complexity index is 530. The van der Waals surface area contributed by atoms with E-state index >= 15 is 0 Å². The van der Waals surface area contributed by atoms with E-state index in [9.17, 15) is 9.59 Å². The van der Waals surface area contributed by atoms with Gasteiger partial charge in [0.25, 0.3) is 5.91 Å². The monoisotopic (exact) mass is 369 g/mol. The molecule has 25 heavy (non-hydrogen) atoms. The van der Waals surface area contributed by atoms with Gasteiger partial charge in [0.15, 0.2) is 5.11 Å². The lowest BCUT2D eigenvalue weighted by molar-refractivity contribution is -0.133. The fourth-order valence-corrected chi connectivity index (χ4v) is 3.80. The van der Waals surface area contributed by atoms with Crippen LogP contribution in [-0.4, -0.2) is 71.9 Å². The zero-order valence-electron chi connectivity index (χ0n) is 14.7. The third-order valence-corrected chi connectivity index (χ3v) is 5.56. The number of urea groups is 1. The van der Waals surface area contributed by atoms with E-state index in [-0.39, 0.29) is 11.0 Å². The number of nitrogens with one attached hydrogen (secondary N) is 3. The van der Waals surface area contributed by atoms with Crippen LogP contribution in [0.5, 0.6) is 0 Å². The summed E-state index contributed by atoms with van der Waals surface area (Å²) in [5.74, 6) is 0.377. The number of rotatable bonds is 4. The van der Waals surface area contributed by atoms with E-state index in [4.69, 9.17) is 17.0 Å². The predicted molar refractivity (Wildman–Crippen MR) is 96.7 cm³/mol. The molecule has 1 spiro atoms. The molecule has 140 valence electrons. The van der Waals surface area contributed by atoms with Crippen molar-refractivity contribution in [3.8, 4) is 0 Å². The van der Waals surface area contributed by atoms with Crippen LogP contribution in [0.2, 0.25) is 0 Å². The van der Waals surface area contributed by atoms with Crippen molar-refractivity contribution >= 4 is 29.3 Å². The standard InChI is InChI=1S/C16H27N5O3S/c1-12-2-4-16(5-3-12)13(22)21(15(23)18-16)19-14(25)17-6-7-20-8-10-24-11-9-20/h12H,2-11H2,1H3,(H,18,23)(H2,17,19,25). The van der Waals surface area contributed by atoms with Gasteiger partial charge in [-0.1, -0.05) is 6.92 Å². The molecule has 2 aliphatic heterocycles. The molecule has 3 fully saturated rings. The maximum absolute atomic E-state index is 12.7. The van der Waals surface area contributed by atoms with Crippen molar-refractivity contribution in [1.82, 2.24) is 26.0 Å². The third kappa shape index (κ3) is 4.21. The molecule has 2 saturated heterocycles. The first-order valence-corrected chi connectivity index (χ1v) is 9.42. The van der Waals surface area contributed by atoms with Crippen LogP contribution in [-0.2, 0) is 9.53 Å². The smallest absolute Gasteiger partial charge is 0.344 e. The Kier molecular flexibility index (Phi) is 5.75. The lowest BCUT2D eigenvalue weighted by atomic mass is 9.77. The van der Waals surface area contributed by atoms with E-state index in [1.807, 2.05) is 0 Å². The van der Waals surface area contributed by atoms with Crippen molar-refractivity contribution in [2.75, 3.05) is 39.4 Å². The van der Waals surface area contributed by atoms with Crippen LogP contribution in [0.4, 0.5) is 4.79 Å². The largest absolute Gasteiger partial charge is 0.379 e. The maximum atomic E-state index is 12.7. The van der Waals surface area contributed by atoms with Gasteiger partial charge in [0.2, 0.25) is 0 Å². The second-order valence-corrected chi connectivity index (χ2v) is 7.57. The van der Waals surface area contributed by atoms with Crippen molar-refractivity contribution < 1.29 is 14.3 Å². The van der Waals surface area contributed by atoms with Gasteiger partial charge in [0.1, 0.15) is 5.54 Å². The molecular weight excluding hydrogens is 342 g/mol. The van der Waals surface area contributed by atoms with Gasteiger partial charge in [-0.2, -0.15) is 5.01 Å². The molecule has 2 heterocycles. The summed E-state index contributed by atoms with van der Waals surface area (Å²) in [4.78, 5) is 27.2. The van der Waals surface area contributed by atoms with Crippen LogP contribution in [0, 0.1) is 5.92 Å². The third-order valence-electron chi connectivity index (χ3n) is 5.32. The first-order valence-electron chi connectivity index (χ1n) is 9.01. The lowest BCUT2D eigenvalue weighted by Gasteiger charge is -2.33. The Hall–Kier alpha value is -1.45. The Labute approximate surface area is 153 Å². The van der Waals surface area contributed by atoms with E-state index in [2.05, 4.69) is 27.9 Å². The van der Waals surface area contributed by atoms with Gasteiger partial charge in [0.05, 0.1) is 13.2 Å². The van der Waals surface area contributed by atoms with Crippen LogP contribution < -0.4 is 16.1 Å². The van der Waals surface area contributed by atoms with Crippen molar-refractivity contribution in [2.45, 2.75) is 38.1 Å². The van der Waals surface area contributed by atoms with E-state index in [1.165, 1.54) is 0 Å². The molecule has 0 aromatic rings. The normalized spacial score (nSPS) is 30.4. The highest BCUT2D eigenvalue weighted by atomic mass is 32.1. The van der Waals surface area contributed by atoms with E-state index in [0.29, 0.717) is 25.3 Å². The molecule has 3 amide bonds. The molecule has 1 saturated carbocycles. The number of imide groups is 1. The average molecular weight is 369 g/mol. The molecule has 3 rings (SSSR count). The van der Waals surface area contributed by atoms with Gasteiger partial charge in [-0.05, 0) is 43.8 Å². The topological polar surface area (TPSA) is 85.9 Å². The second-order valence-electron chi connectivity index (χ2n) is 7.16. The molecule has 8 nitrogen and oxygen atoms in total. The molecule has 0 unspecified atom stereocenters. The zero-order chi connectivity index (χ0) is 17.9. The number of thiocarbonyl (C=S) groups is 1. The molecular formula is C16H27N5O3S. The van der Waals surface area contributed by atoms with Crippen molar-refractivity contribution in [2.24, 2.45) is 5.92 Å². The summed E-state index contributed by atoms with van der Waals surface area (Å²) in [6.07, 6.45) is 3.27. The lowest BCUT2D eigenvalue weighted by Crippen LogP contribution is -2.53. The highest BCUT2D eigenvalue weighted by molar-refractivity contribution is 7.80. The van der Waals surface area contributed by atoms with Gasteiger partial charge in [-0.3, -0.25) is 15.1 Å². The summed E-state index contributed by atoms with van der Waals surface area (Å²) in [6, 6.07) is -0.420. The fourth-order valence-electron chi connectivity index (χ4n) is 3.61. The van der Waals surface area contributed by atoms with E-state index < -0.39 is 11.6 Å². The van der Waals surface area contributed by atoms with Crippen LogP contribution in [0.15, 0.2) is 0 Å². The Morgan fingerprint density at radius 3 is 2.68 bits per heavy atom. The fraction of sp³-hybridized carbons (Fsp3) is 0.812. The van der Waals surface area contributed by atoms with Crippen molar-refractivity contribution in [3.63, 3.8) is 0 Å². The van der Waals surface area contributed by atoms with E-state index in [1.54, 1.807) is 0 Å². The number of hydrogen-bond donors (Lipinski definition) is 3. The van der Waals surface area contributed by atoms with Crippen LogP contribution in [0.25, 0.3) is 0 Å². The van der Waals surface area contributed by atoms with Gasteiger partial charge in [0, 0.05) is 26.2 Å². The summed E-state index contributed by atoms with van der Waals surface area (Å²) in [7, 11) is 0. The van der Waals surface area contributed by atoms with Gasteiger partial charge >= 0.3 is 6.03 Å². The Balaban J connectivity index is 1.46. The minimum atomic E-state index is -0.750. The summed E-state index contributed by atoms with van der Waals surface area (Å²) < 4.78 is 5.31. The van der Waals surface area contributed by atoms with Gasteiger partial charge < -0.3 is 15.4 Å². The zero-order valence-corrected chi connectivity index (χ0v) is 15.5. The summed E-state index contributed by atoms with van der Waals surface area (Å²) >= 11 is 5.23. The summed E-state index contributed by atoms with van der Waals surface area (Å²) in [6.45, 7) is 7.01. The Morgan fingerprint density at radius 2 is 2.00 bits per heavy atom. The quantitative estimate of drug-likeness (QED) is 0.482.